The van der Waals surface area contributed by atoms with Crippen molar-refractivity contribution in [1.29, 1.82) is 0 Å². The Hall–Kier alpha value is -1.19. The molecule has 31 heavy (non-hydrogen) atoms. The molecular weight excluding hydrogens is 470 g/mol. The number of anilines is 1. The molecule has 0 spiro atoms. The molecule has 7 rings (SSSR count). The van der Waals surface area contributed by atoms with Gasteiger partial charge in [0, 0.05) is 5.92 Å². The summed E-state index contributed by atoms with van der Waals surface area (Å²) >= 11 is 27.9. The highest BCUT2D eigenvalue weighted by molar-refractivity contribution is 6.51. The molecule has 3 unspecified atom stereocenters. The van der Waals surface area contributed by atoms with Crippen LogP contribution in [0.2, 0.25) is 0 Å². The minimum atomic E-state index is -0.646. The van der Waals surface area contributed by atoms with Gasteiger partial charge in [0.05, 0.1) is 37.3 Å². The number of hydrogen-bond donors (Lipinski definition) is 0. The maximum Gasteiger partial charge on any atom is 0.0868 e. The largest absolute Gasteiger partial charge is 0.261 e. The highest BCUT2D eigenvalue weighted by Gasteiger charge is 2.79. The minimum absolute atomic E-state index is 0.226. The second kappa shape index (κ2) is 6.23. The molecule has 4 bridgehead atoms. The first-order valence-electron chi connectivity index (χ1n) is 10.9. The molecule has 3 saturated carbocycles. The molecule has 158 valence electrons. The number of rotatable bonds is 2. The van der Waals surface area contributed by atoms with E-state index in [2.05, 4.69) is 59.6 Å². The zero-order valence-corrected chi connectivity index (χ0v) is 19.6. The van der Waals surface area contributed by atoms with Crippen LogP contribution in [0, 0.1) is 29.6 Å². The van der Waals surface area contributed by atoms with Crippen LogP contribution in [0.25, 0.3) is 0 Å². The summed E-state index contributed by atoms with van der Waals surface area (Å²) in [5.74, 6) is 1.54. The van der Waals surface area contributed by atoms with Crippen molar-refractivity contribution in [3.05, 3.63) is 76.3 Å². The van der Waals surface area contributed by atoms with Crippen LogP contribution in [0.5, 0.6) is 0 Å². The number of nitrogens with zero attached hydrogens (tertiary/aromatic N) is 2. The Morgan fingerprint density at radius 3 is 2.03 bits per heavy atom. The van der Waals surface area contributed by atoms with E-state index in [0.717, 1.165) is 12.1 Å². The molecule has 0 saturated heterocycles. The van der Waals surface area contributed by atoms with Crippen molar-refractivity contribution in [2.24, 2.45) is 34.7 Å². The van der Waals surface area contributed by atoms with Crippen LogP contribution >= 0.6 is 46.4 Å². The van der Waals surface area contributed by atoms with Gasteiger partial charge in [-0.05, 0) is 54.2 Å². The highest BCUT2D eigenvalue weighted by atomic mass is 35.5. The number of halogens is 4. The van der Waals surface area contributed by atoms with E-state index in [0.29, 0.717) is 34.2 Å². The summed E-state index contributed by atoms with van der Waals surface area (Å²) in [5.41, 5.74) is 3.48. The minimum Gasteiger partial charge on any atom is -0.261 e. The quantitative estimate of drug-likeness (QED) is 0.333. The van der Waals surface area contributed by atoms with E-state index in [1.165, 1.54) is 11.3 Å². The van der Waals surface area contributed by atoms with Crippen LogP contribution in [0.15, 0.2) is 75.8 Å². The summed E-state index contributed by atoms with van der Waals surface area (Å²) in [5, 5.41) is 8.62. The molecule has 0 aromatic heterocycles. The number of benzene rings is 2. The van der Waals surface area contributed by atoms with Crippen molar-refractivity contribution in [2.75, 3.05) is 5.01 Å². The molecule has 2 nitrogen and oxygen atoms in total. The molecule has 2 aromatic rings. The summed E-state index contributed by atoms with van der Waals surface area (Å²) in [7, 11) is 0. The van der Waals surface area contributed by atoms with Gasteiger partial charge in [-0.25, -0.2) is 0 Å². The van der Waals surface area contributed by atoms with Crippen molar-refractivity contribution < 1.29 is 0 Å². The fourth-order valence-electron chi connectivity index (χ4n) is 7.67. The van der Waals surface area contributed by atoms with Gasteiger partial charge in [0.15, 0.2) is 0 Å². The van der Waals surface area contributed by atoms with Gasteiger partial charge in [0.25, 0.3) is 0 Å². The normalized spacial score (nSPS) is 44.1. The van der Waals surface area contributed by atoms with E-state index >= 15 is 0 Å². The standard InChI is InChI=1S/C25H20Cl4N2/c26-22-23(27)25(29)12-24(22,28)18-15-11-16(19(18)25)21-17(15)20(13-7-3-1-4-8-13)30-31(21)14-9-5-2-6-10-14/h1-10,15-19,21H,11-12H2/t15-,16?,17-,18?,19?,21-,24+,25-/m0/s1. The van der Waals surface area contributed by atoms with Crippen molar-refractivity contribution in [3.63, 3.8) is 0 Å². The first-order chi connectivity index (χ1) is 14.9. The van der Waals surface area contributed by atoms with Gasteiger partial charge in [-0.1, -0.05) is 71.7 Å². The maximum absolute atomic E-state index is 7.25. The first kappa shape index (κ1) is 19.3. The second-order valence-corrected chi connectivity index (χ2v) is 11.8. The highest BCUT2D eigenvalue weighted by Crippen LogP contribution is 2.78. The summed E-state index contributed by atoms with van der Waals surface area (Å²) in [6, 6.07) is 21.3. The lowest BCUT2D eigenvalue weighted by atomic mass is 9.65. The van der Waals surface area contributed by atoms with Crippen molar-refractivity contribution >= 4 is 57.8 Å². The lowest BCUT2D eigenvalue weighted by molar-refractivity contribution is 0.173. The van der Waals surface area contributed by atoms with Gasteiger partial charge in [-0.2, -0.15) is 5.10 Å². The Balaban J connectivity index is 1.39. The zero-order chi connectivity index (χ0) is 21.1. The topological polar surface area (TPSA) is 15.6 Å². The average molecular weight is 490 g/mol. The number of allylic oxidation sites excluding steroid dienone is 2. The molecule has 5 aliphatic rings. The fraction of sp³-hybridized carbons (Fsp3) is 0.400. The average Bonchev–Trinajstić information content (AvgIpc) is 3.54. The van der Waals surface area contributed by atoms with E-state index < -0.39 is 9.75 Å². The predicted octanol–water partition coefficient (Wildman–Crippen LogP) is 6.84. The molecule has 3 fully saturated rings. The van der Waals surface area contributed by atoms with E-state index in [1.807, 2.05) is 6.07 Å². The number of fused-ring (bicyclic) bond motifs is 12. The van der Waals surface area contributed by atoms with Crippen molar-refractivity contribution in [2.45, 2.75) is 28.6 Å². The fourth-order valence-corrected chi connectivity index (χ4v) is 9.76. The molecule has 6 heteroatoms. The van der Waals surface area contributed by atoms with Crippen LogP contribution in [0.4, 0.5) is 5.69 Å². The summed E-state index contributed by atoms with van der Waals surface area (Å²) in [6.07, 6.45) is 1.73. The molecule has 8 atom stereocenters. The van der Waals surface area contributed by atoms with Gasteiger partial charge in [0.2, 0.25) is 0 Å². The van der Waals surface area contributed by atoms with Crippen LogP contribution in [0.1, 0.15) is 18.4 Å². The molecule has 4 aliphatic carbocycles. The van der Waals surface area contributed by atoms with Crippen molar-refractivity contribution in [3.8, 4) is 0 Å². The Bertz CT molecular complexity index is 1150. The first-order valence-corrected chi connectivity index (χ1v) is 12.4. The molecule has 0 radical (unpaired) electrons. The number of hydrazone groups is 1. The van der Waals surface area contributed by atoms with Crippen LogP contribution in [-0.4, -0.2) is 21.5 Å². The molecule has 0 N–H and O–H groups in total. The zero-order valence-electron chi connectivity index (χ0n) is 16.6. The third kappa shape index (κ3) is 2.21. The lowest BCUT2D eigenvalue weighted by Gasteiger charge is -2.46. The monoisotopic (exact) mass is 488 g/mol. The van der Waals surface area contributed by atoms with Crippen LogP contribution in [0.3, 0.4) is 0 Å². The van der Waals surface area contributed by atoms with Gasteiger partial charge in [-0.15, -0.1) is 23.2 Å². The Morgan fingerprint density at radius 1 is 0.806 bits per heavy atom. The molecule has 2 aromatic carbocycles. The number of para-hydroxylation sites is 1. The summed E-state index contributed by atoms with van der Waals surface area (Å²) in [6.45, 7) is 0. The second-order valence-electron chi connectivity index (χ2n) is 9.69. The van der Waals surface area contributed by atoms with E-state index in [4.69, 9.17) is 51.5 Å². The van der Waals surface area contributed by atoms with Gasteiger partial charge < -0.3 is 0 Å². The third-order valence-corrected chi connectivity index (χ3v) is 11.0. The molecule has 1 heterocycles. The molecular formula is C25H20Cl4N2. The maximum atomic E-state index is 7.25. The van der Waals surface area contributed by atoms with Crippen LogP contribution < -0.4 is 5.01 Å². The smallest absolute Gasteiger partial charge is 0.0868 e. The Labute approximate surface area is 201 Å². The van der Waals surface area contributed by atoms with E-state index in [9.17, 15) is 0 Å². The lowest BCUT2D eigenvalue weighted by Crippen LogP contribution is -2.51. The molecule has 0 amide bonds. The Kier molecular flexibility index (Phi) is 3.88. The van der Waals surface area contributed by atoms with Gasteiger partial charge in [-0.3, -0.25) is 5.01 Å². The molecule has 1 aliphatic heterocycles. The third-order valence-electron chi connectivity index (χ3n) is 8.52. The van der Waals surface area contributed by atoms with Crippen molar-refractivity contribution in [1.82, 2.24) is 0 Å². The number of alkyl halides is 2. The summed E-state index contributed by atoms with van der Waals surface area (Å²) < 4.78 is 0. The van der Waals surface area contributed by atoms with E-state index in [-0.39, 0.29) is 17.9 Å². The van der Waals surface area contributed by atoms with Crippen LogP contribution in [-0.2, 0) is 0 Å². The van der Waals surface area contributed by atoms with Gasteiger partial charge in [0.1, 0.15) is 0 Å². The predicted molar refractivity (Wildman–Crippen MR) is 128 cm³/mol. The Morgan fingerprint density at radius 2 is 1.39 bits per heavy atom. The number of hydrogen-bond acceptors (Lipinski definition) is 2. The van der Waals surface area contributed by atoms with E-state index in [1.54, 1.807) is 0 Å². The van der Waals surface area contributed by atoms with Gasteiger partial charge >= 0.3 is 0 Å². The summed E-state index contributed by atoms with van der Waals surface area (Å²) in [4.78, 5) is -1.29. The SMILES string of the molecule is ClC1=C(Cl)[C@@]2(Cl)C[C@]1(Cl)C1C3C[C@H](C12)[C@H]1C(c2ccccc2)=NN(c2ccccc2)[C@@H]31.